The van der Waals surface area contributed by atoms with Gasteiger partial charge in [-0.1, -0.05) is 23.5 Å². The third-order valence-corrected chi connectivity index (χ3v) is 3.58. The molecular weight excluding hydrogens is 351 g/mol. The number of hydrogen-bond donors (Lipinski definition) is 0. The van der Waals surface area contributed by atoms with Crippen molar-refractivity contribution in [1.29, 1.82) is 0 Å². The van der Waals surface area contributed by atoms with Crippen molar-refractivity contribution in [3.05, 3.63) is 46.0 Å². The number of nitrogens with zero attached hydrogens (tertiary/aromatic N) is 3. The number of halogens is 3. The fraction of sp³-hybridized carbons (Fsp3) is 0.154. The molecule has 2 heterocycles. The maximum absolute atomic E-state index is 12.3. The molecule has 126 valence electrons. The summed E-state index contributed by atoms with van der Waals surface area (Å²) in [6.45, 7) is -1.51. The fourth-order valence-electron chi connectivity index (χ4n) is 1.91. The number of rotatable bonds is 5. The second-order valence-corrected chi connectivity index (χ2v) is 5.38. The number of ether oxygens (including phenoxy) is 2. The lowest BCUT2D eigenvalue weighted by Gasteiger charge is -2.12. The average molecular weight is 359 g/mol. The highest BCUT2D eigenvalue weighted by molar-refractivity contribution is 7.15. The van der Waals surface area contributed by atoms with Crippen molar-refractivity contribution < 1.29 is 27.6 Å². The van der Waals surface area contributed by atoms with Gasteiger partial charge >= 0.3 is 17.9 Å². The topological polar surface area (TPSA) is 78.9 Å². The van der Waals surface area contributed by atoms with E-state index in [0.717, 1.165) is 11.3 Å². The molecule has 0 atom stereocenters. The molecule has 0 aliphatic carbocycles. The molecule has 0 saturated heterocycles. The van der Waals surface area contributed by atoms with Crippen LogP contribution in [0.2, 0.25) is 0 Å². The van der Waals surface area contributed by atoms with Crippen molar-refractivity contribution in [1.82, 2.24) is 9.38 Å². The molecule has 0 amide bonds. The first-order chi connectivity index (χ1) is 11.3. The summed E-state index contributed by atoms with van der Waals surface area (Å²) in [5, 5.41) is 12.8. The smallest absolute Gasteiger partial charge is 0.422 e. The minimum absolute atomic E-state index is 0.101. The molecule has 0 bridgehead atoms. The Balaban J connectivity index is 1.93. The summed E-state index contributed by atoms with van der Waals surface area (Å²) in [5.41, 5.74) is 0. The Hall–Kier alpha value is -2.82. The first-order valence-corrected chi connectivity index (χ1v) is 7.29. The lowest BCUT2D eigenvalue weighted by Crippen LogP contribution is -2.19. The second-order valence-electron chi connectivity index (χ2n) is 4.51. The number of benzene rings is 1. The fourth-order valence-corrected chi connectivity index (χ4v) is 2.61. The van der Waals surface area contributed by atoms with Crippen molar-refractivity contribution in [2.24, 2.45) is 0 Å². The van der Waals surface area contributed by atoms with Crippen molar-refractivity contribution in [2.45, 2.75) is 6.18 Å². The minimum Gasteiger partial charge on any atom is -0.480 e. The Morgan fingerprint density at radius 2 is 2.00 bits per heavy atom. The van der Waals surface area contributed by atoms with E-state index in [9.17, 15) is 23.3 Å². The van der Waals surface area contributed by atoms with Crippen LogP contribution in [0.25, 0.3) is 4.96 Å². The highest BCUT2D eigenvalue weighted by atomic mass is 32.1. The van der Waals surface area contributed by atoms with Gasteiger partial charge in [0, 0.05) is 5.38 Å². The van der Waals surface area contributed by atoms with E-state index in [1.165, 1.54) is 34.9 Å². The Morgan fingerprint density at radius 1 is 1.29 bits per heavy atom. The molecule has 7 nitrogen and oxygen atoms in total. The number of para-hydroxylation sites is 2. The second kappa shape index (κ2) is 6.00. The van der Waals surface area contributed by atoms with Crippen molar-refractivity contribution in [3.8, 4) is 17.4 Å². The maximum Gasteiger partial charge on any atom is 0.422 e. The summed E-state index contributed by atoms with van der Waals surface area (Å²) in [7, 11) is 0. The number of aromatic nitrogens is 2. The predicted octanol–water partition coefficient (Wildman–Crippen LogP) is 4.04. The van der Waals surface area contributed by atoms with Crippen LogP contribution < -0.4 is 9.47 Å². The first kappa shape index (κ1) is 16.1. The van der Waals surface area contributed by atoms with E-state index in [4.69, 9.17) is 4.74 Å². The number of alkyl halides is 3. The number of imidazole rings is 1. The van der Waals surface area contributed by atoms with Crippen LogP contribution in [0.1, 0.15) is 0 Å². The van der Waals surface area contributed by atoms with E-state index in [2.05, 4.69) is 9.72 Å². The van der Waals surface area contributed by atoms with Gasteiger partial charge in [0.2, 0.25) is 0 Å². The highest BCUT2D eigenvalue weighted by Crippen LogP contribution is 2.37. The summed E-state index contributed by atoms with van der Waals surface area (Å²) in [5.74, 6) is -1.04. The van der Waals surface area contributed by atoms with Crippen LogP contribution >= 0.6 is 11.3 Å². The molecule has 3 aromatic rings. The monoisotopic (exact) mass is 359 g/mol. The molecule has 24 heavy (non-hydrogen) atoms. The van der Waals surface area contributed by atoms with Gasteiger partial charge in [-0.2, -0.15) is 22.6 Å². The van der Waals surface area contributed by atoms with Crippen LogP contribution in [0.5, 0.6) is 17.4 Å². The zero-order valence-corrected chi connectivity index (χ0v) is 12.5. The molecule has 0 aliphatic rings. The molecule has 2 aromatic heterocycles. The van der Waals surface area contributed by atoms with E-state index >= 15 is 0 Å². The van der Waals surface area contributed by atoms with Crippen LogP contribution in [0.15, 0.2) is 35.8 Å². The van der Waals surface area contributed by atoms with Crippen LogP contribution in [-0.4, -0.2) is 27.1 Å². The molecule has 0 N–H and O–H groups in total. The van der Waals surface area contributed by atoms with Crippen molar-refractivity contribution in [3.63, 3.8) is 0 Å². The van der Waals surface area contributed by atoms with Crippen LogP contribution in [0, 0.1) is 10.1 Å². The van der Waals surface area contributed by atoms with Gasteiger partial charge in [-0.05, 0) is 17.1 Å². The molecular formula is C13H8F3N3O4S. The van der Waals surface area contributed by atoms with E-state index in [1.54, 1.807) is 5.38 Å². The van der Waals surface area contributed by atoms with Gasteiger partial charge in [-0.25, -0.2) is 0 Å². The largest absolute Gasteiger partial charge is 0.480 e. The van der Waals surface area contributed by atoms with Gasteiger partial charge < -0.3 is 19.6 Å². The Morgan fingerprint density at radius 3 is 2.67 bits per heavy atom. The van der Waals surface area contributed by atoms with Gasteiger partial charge in [-0.3, -0.25) is 0 Å². The number of hydrogen-bond acceptors (Lipinski definition) is 6. The lowest BCUT2D eigenvalue weighted by atomic mass is 10.3. The van der Waals surface area contributed by atoms with Gasteiger partial charge in [0.25, 0.3) is 4.96 Å². The van der Waals surface area contributed by atoms with Gasteiger partial charge in [-0.15, -0.1) is 0 Å². The summed E-state index contributed by atoms with van der Waals surface area (Å²) in [4.78, 5) is 14.8. The van der Waals surface area contributed by atoms with E-state index in [1.807, 2.05) is 0 Å². The van der Waals surface area contributed by atoms with Crippen LogP contribution in [0.3, 0.4) is 0 Å². The van der Waals surface area contributed by atoms with E-state index in [-0.39, 0.29) is 17.4 Å². The molecule has 0 aliphatic heterocycles. The van der Waals surface area contributed by atoms with Crippen molar-refractivity contribution >= 4 is 22.1 Å². The molecule has 1 aromatic carbocycles. The summed E-state index contributed by atoms with van der Waals surface area (Å²) >= 11 is 1.16. The van der Waals surface area contributed by atoms with Gasteiger partial charge in [0.1, 0.15) is 6.20 Å². The normalized spacial score (nSPS) is 11.6. The third kappa shape index (κ3) is 3.25. The number of fused-ring (bicyclic) bond motifs is 1. The molecule has 0 saturated carbocycles. The minimum atomic E-state index is -4.52. The molecule has 0 unspecified atom stereocenters. The van der Waals surface area contributed by atoms with E-state index < -0.39 is 23.5 Å². The Labute approximate surface area is 136 Å². The summed E-state index contributed by atoms with van der Waals surface area (Å²) < 4.78 is 48.1. The molecule has 11 heteroatoms. The Kier molecular flexibility index (Phi) is 4.01. The quantitative estimate of drug-likeness (QED) is 0.507. The van der Waals surface area contributed by atoms with Gasteiger partial charge in [0.05, 0.1) is 0 Å². The van der Waals surface area contributed by atoms with Crippen LogP contribution in [-0.2, 0) is 0 Å². The molecule has 0 spiro atoms. The first-order valence-electron chi connectivity index (χ1n) is 6.41. The summed E-state index contributed by atoms with van der Waals surface area (Å²) in [6.07, 6.45) is -3.07. The molecule has 3 rings (SSSR count). The number of nitro groups is 1. The average Bonchev–Trinajstić information content (AvgIpc) is 3.05. The van der Waals surface area contributed by atoms with E-state index in [0.29, 0.717) is 4.96 Å². The number of thiazole rings is 1. The van der Waals surface area contributed by atoms with Gasteiger partial charge in [0.15, 0.2) is 18.1 Å². The highest BCUT2D eigenvalue weighted by Gasteiger charge is 2.30. The Bertz CT molecular complexity index is 890. The van der Waals surface area contributed by atoms with Crippen molar-refractivity contribution in [2.75, 3.05) is 6.61 Å². The predicted molar refractivity (Wildman–Crippen MR) is 77.8 cm³/mol. The zero-order chi connectivity index (χ0) is 17.3. The lowest BCUT2D eigenvalue weighted by molar-refractivity contribution is -0.391. The maximum atomic E-state index is 12.3. The molecule has 0 radical (unpaired) electrons. The zero-order valence-electron chi connectivity index (χ0n) is 11.7. The third-order valence-electron chi connectivity index (χ3n) is 2.83. The standard InChI is InChI=1S/C13H8F3N3O4S/c14-13(15,16)7-22-8-3-1-2-4-9(8)23-10-11(19(20)21)18-5-6-24-12(18)17-10/h1-6H,7H2. The van der Waals surface area contributed by atoms with Crippen LogP contribution in [0.4, 0.5) is 19.0 Å². The molecule has 0 fully saturated rings. The summed E-state index contributed by atoms with van der Waals surface area (Å²) in [6, 6.07) is 5.56. The SMILES string of the molecule is O=[N+]([O-])c1c(Oc2ccccc2OCC(F)(F)F)nc2sccn12.